The third kappa shape index (κ3) is 18.2. The summed E-state index contributed by atoms with van der Waals surface area (Å²) in [4.78, 5) is 0. The summed E-state index contributed by atoms with van der Waals surface area (Å²) in [5.74, 6) is 0. The lowest BCUT2D eigenvalue weighted by Crippen LogP contribution is -1.82. The fourth-order valence-corrected chi connectivity index (χ4v) is 2.73. The van der Waals surface area contributed by atoms with Crippen LogP contribution in [0.5, 0.6) is 0 Å². The highest BCUT2D eigenvalue weighted by molar-refractivity contribution is 9.09. The molecule has 1 heteroatoms. The van der Waals surface area contributed by atoms with Gasteiger partial charge in [0.15, 0.2) is 0 Å². The Morgan fingerprint density at radius 2 is 1.00 bits per heavy atom. The first-order valence-electron chi connectivity index (χ1n) is 8.62. The van der Waals surface area contributed by atoms with Crippen molar-refractivity contribution in [2.75, 3.05) is 5.33 Å². The minimum absolute atomic E-state index is 1.01. The number of halogens is 1. The van der Waals surface area contributed by atoms with Crippen LogP contribution >= 0.6 is 15.9 Å². The Labute approximate surface area is 130 Å². The van der Waals surface area contributed by atoms with Crippen molar-refractivity contribution in [3.05, 3.63) is 12.2 Å². The van der Waals surface area contributed by atoms with Crippen LogP contribution < -0.4 is 0 Å². The quantitative estimate of drug-likeness (QED) is 0.166. The number of allylic oxidation sites excluding steroid dienone is 2. The minimum Gasteiger partial charge on any atom is -0.0883 e. The van der Waals surface area contributed by atoms with Crippen LogP contribution in [0.15, 0.2) is 12.2 Å². The highest BCUT2D eigenvalue weighted by Gasteiger charge is 1.93. The van der Waals surface area contributed by atoms with Gasteiger partial charge in [0, 0.05) is 5.33 Å². The number of hydrogen-bond acceptors (Lipinski definition) is 0. The van der Waals surface area contributed by atoms with E-state index in [1.165, 1.54) is 89.9 Å². The van der Waals surface area contributed by atoms with Crippen LogP contribution in [0.1, 0.15) is 96.8 Å². The molecule has 0 spiro atoms. The molecule has 0 N–H and O–H groups in total. The van der Waals surface area contributed by atoms with Crippen molar-refractivity contribution in [2.45, 2.75) is 96.8 Å². The molecule has 0 radical (unpaired) electrons. The van der Waals surface area contributed by atoms with E-state index in [-0.39, 0.29) is 0 Å². The molecule has 0 aliphatic carbocycles. The van der Waals surface area contributed by atoms with Crippen molar-refractivity contribution >= 4 is 15.9 Å². The largest absolute Gasteiger partial charge is 0.0883 e. The summed E-state index contributed by atoms with van der Waals surface area (Å²) in [7, 11) is 0. The molecule has 0 aromatic heterocycles. The summed E-state index contributed by atoms with van der Waals surface area (Å²) >= 11 is 3.40. The first kappa shape index (κ1) is 19.2. The number of alkyl halides is 1. The molecule has 0 fully saturated rings. The third-order valence-electron chi connectivity index (χ3n) is 3.73. The lowest BCUT2D eigenvalue weighted by Gasteiger charge is -2.02. The van der Waals surface area contributed by atoms with Crippen LogP contribution in [0.2, 0.25) is 0 Å². The maximum absolute atomic E-state index is 3.40. The van der Waals surface area contributed by atoms with Gasteiger partial charge in [0.05, 0.1) is 0 Å². The minimum atomic E-state index is 1.01. The smallest absolute Gasteiger partial charge is 0.0212 e. The Hall–Kier alpha value is 0.220. The topological polar surface area (TPSA) is 0 Å². The normalized spacial score (nSPS) is 11.5. The predicted molar refractivity (Wildman–Crippen MR) is 93.2 cm³/mol. The zero-order valence-electron chi connectivity index (χ0n) is 13.1. The molecule has 0 atom stereocenters. The van der Waals surface area contributed by atoms with Gasteiger partial charge in [-0.1, -0.05) is 112 Å². The second kappa shape index (κ2) is 18.2. The SMILES string of the molecule is CCCCCCCCCCCCCCC/C=C/CBr. The molecule has 0 saturated heterocycles. The van der Waals surface area contributed by atoms with Crippen molar-refractivity contribution in [2.24, 2.45) is 0 Å². The molecule has 0 unspecified atom stereocenters. The van der Waals surface area contributed by atoms with Crippen LogP contribution in [0, 0.1) is 0 Å². The molecule has 114 valence electrons. The van der Waals surface area contributed by atoms with Gasteiger partial charge in [-0.3, -0.25) is 0 Å². The van der Waals surface area contributed by atoms with Gasteiger partial charge in [0.1, 0.15) is 0 Å². The van der Waals surface area contributed by atoms with E-state index in [0.717, 1.165) is 5.33 Å². The van der Waals surface area contributed by atoms with Gasteiger partial charge in [-0.2, -0.15) is 0 Å². The molecule has 0 nitrogen and oxygen atoms in total. The lowest BCUT2D eigenvalue weighted by atomic mass is 10.0. The fourth-order valence-electron chi connectivity index (χ4n) is 2.46. The van der Waals surface area contributed by atoms with Gasteiger partial charge < -0.3 is 0 Å². The molecule has 0 aromatic rings. The highest BCUT2D eigenvalue weighted by atomic mass is 79.9. The average molecular weight is 331 g/mol. The van der Waals surface area contributed by atoms with E-state index in [2.05, 4.69) is 35.0 Å². The Balaban J connectivity index is 2.93. The summed E-state index contributed by atoms with van der Waals surface area (Å²) in [5, 5.41) is 1.01. The number of hydrogen-bond donors (Lipinski definition) is 0. The summed E-state index contributed by atoms with van der Waals surface area (Å²) in [6.45, 7) is 2.29. The van der Waals surface area contributed by atoms with Gasteiger partial charge in [0.25, 0.3) is 0 Å². The van der Waals surface area contributed by atoms with Crippen molar-refractivity contribution in [3.8, 4) is 0 Å². The molecular weight excluding hydrogens is 296 g/mol. The predicted octanol–water partition coefficient (Wildman–Crippen LogP) is 7.42. The molecule has 0 bridgehead atoms. The maximum atomic E-state index is 3.40. The Bertz CT molecular complexity index is 175. The highest BCUT2D eigenvalue weighted by Crippen LogP contribution is 2.12. The molecule has 0 aliphatic heterocycles. The van der Waals surface area contributed by atoms with Crippen molar-refractivity contribution < 1.29 is 0 Å². The summed E-state index contributed by atoms with van der Waals surface area (Å²) < 4.78 is 0. The molecule has 0 heterocycles. The van der Waals surface area contributed by atoms with Crippen molar-refractivity contribution in [3.63, 3.8) is 0 Å². The maximum Gasteiger partial charge on any atom is 0.0212 e. The van der Waals surface area contributed by atoms with E-state index in [9.17, 15) is 0 Å². The van der Waals surface area contributed by atoms with Gasteiger partial charge in [-0.15, -0.1) is 0 Å². The second-order valence-corrected chi connectivity index (χ2v) is 6.30. The molecule has 0 rings (SSSR count). The molecular formula is C18H35Br. The number of rotatable bonds is 15. The van der Waals surface area contributed by atoms with Gasteiger partial charge in [-0.25, -0.2) is 0 Å². The average Bonchev–Trinajstić information content (AvgIpc) is 2.43. The molecule has 0 aromatic carbocycles. The van der Waals surface area contributed by atoms with Crippen LogP contribution in [-0.4, -0.2) is 5.33 Å². The van der Waals surface area contributed by atoms with E-state index in [1.54, 1.807) is 0 Å². The Morgan fingerprint density at radius 1 is 0.579 bits per heavy atom. The van der Waals surface area contributed by atoms with Gasteiger partial charge >= 0.3 is 0 Å². The second-order valence-electron chi connectivity index (χ2n) is 5.66. The summed E-state index contributed by atoms with van der Waals surface area (Å²) in [6.07, 6.45) is 24.6. The van der Waals surface area contributed by atoms with E-state index in [4.69, 9.17) is 0 Å². The van der Waals surface area contributed by atoms with Crippen molar-refractivity contribution in [1.82, 2.24) is 0 Å². The zero-order valence-corrected chi connectivity index (χ0v) is 14.7. The summed E-state index contributed by atoms with van der Waals surface area (Å²) in [6, 6.07) is 0. The first-order chi connectivity index (χ1) is 9.41. The standard InChI is InChI=1S/C18H35Br/c1-2-3-4-5-6-7-8-9-10-11-12-13-14-15-16-17-18-19/h16-17H,2-15,18H2,1H3/b17-16+. The van der Waals surface area contributed by atoms with Crippen LogP contribution in [0.3, 0.4) is 0 Å². The Kier molecular flexibility index (Phi) is 18.4. The molecule has 0 amide bonds. The van der Waals surface area contributed by atoms with E-state index < -0.39 is 0 Å². The Morgan fingerprint density at radius 3 is 1.42 bits per heavy atom. The van der Waals surface area contributed by atoms with Gasteiger partial charge in [-0.05, 0) is 12.8 Å². The number of unbranched alkanes of at least 4 members (excludes halogenated alkanes) is 13. The monoisotopic (exact) mass is 330 g/mol. The van der Waals surface area contributed by atoms with Gasteiger partial charge in [0.2, 0.25) is 0 Å². The molecule has 19 heavy (non-hydrogen) atoms. The first-order valence-corrected chi connectivity index (χ1v) is 9.75. The van der Waals surface area contributed by atoms with Crippen LogP contribution in [0.25, 0.3) is 0 Å². The lowest BCUT2D eigenvalue weighted by molar-refractivity contribution is 0.540. The van der Waals surface area contributed by atoms with E-state index in [1.807, 2.05) is 0 Å². The molecule has 0 saturated carbocycles. The fraction of sp³-hybridized carbons (Fsp3) is 0.889. The van der Waals surface area contributed by atoms with E-state index >= 15 is 0 Å². The van der Waals surface area contributed by atoms with Crippen molar-refractivity contribution in [1.29, 1.82) is 0 Å². The van der Waals surface area contributed by atoms with E-state index in [0.29, 0.717) is 0 Å². The summed E-state index contributed by atoms with van der Waals surface area (Å²) in [5.41, 5.74) is 0. The van der Waals surface area contributed by atoms with Crippen LogP contribution in [-0.2, 0) is 0 Å². The molecule has 0 aliphatic rings. The zero-order chi connectivity index (χ0) is 14.0. The van der Waals surface area contributed by atoms with Crippen LogP contribution in [0.4, 0.5) is 0 Å². The third-order valence-corrected chi connectivity index (χ3v) is 4.10.